The first-order valence-electron chi connectivity index (χ1n) is 15.9. The van der Waals surface area contributed by atoms with E-state index in [1.54, 1.807) is 27.0 Å². The second-order valence-electron chi connectivity index (χ2n) is 11.5. The molecule has 45 heavy (non-hydrogen) atoms. The number of methoxy groups -OCH3 is 1. The Bertz CT molecular complexity index is 1270. The molecule has 1 aliphatic rings. The first kappa shape index (κ1) is 36.3. The summed E-state index contributed by atoms with van der Waals surface area (Å²) in [5.41, 5.74) is 1.91. The molecule has 0 radical (unpaired) electrons. The summed E-state index contributed by atoms with van der Waals surface area (Å²) in [6.45, 7) is 7.96. The van der Waals surface area contributed by atoms with Gasteiger partial charge in [-0.2, -0.15) is 10.6 Å². The number of carbonyl (C=O) groups excluding carboxylic acids is 3. The normalized spacial score (nSPS) is 19.6. The maximum Gasteiger partial charge on any atom is 0.307 e. The standard InChI is InChI=1S/C34H50N2O8S/c1-6-10-18-34(7-2)23-45(40,41)29-19-25(28(42-5)22-27(29)33(36-34)24-14-12-11-13-15-24)16-17-30(37)35-26(20-31(38)43-8-3)21-32(39)44-9-4/h11-15,19,22,26,33,36,40-41H,6-10,16-18,20-21,23H2,1-5H3,(H,35,37). The van der Waals surface area contributed by atoms with Gasteiger partial charge in [0.15, 0.2) is 0 Å². The maximum atomic E-state index is 13.1. The molecular formula is C34H50N2O8S. The molecule has 2 aromatic rings. The Kier molecular flexibility index (Phi) is 13.7. The van der Waals surface area contributed by atoms with Crippen molar-refractivity contribution < 1.29 is 37.7 Å². The van der Waals surface area contributed by atoms with Crippen LogP contribution in [0.15, 0.2) is 47.4 Å². The summed E-state index contributed by atoms with van der Waals surface area (Å²) < 4.78 is 39.3. The topological polar surface area (TPSA) is 143 Å². The van der Waals surface area contributed by atoms with Gasteiger partial charge >= 0.3 is 11.9 Å². The Morgan fingerprint density at radius 2 is 1.67 bits per heavy atom. The average Bonchev–Trinajstić information content (AvgIpc) is 3.10. The number of unbranched alkanes of at least 4 members (excludes halogenated alkanes) is 1. The van der Waals surface area contributed by atoms with Gasteiger partial charge in [0.2, 0.25) is 5.91 Å². The summed E-state index contributed by atoms with van der Waals surface area (Å²) in [5.74, 6) is -0.693. The lowest BCUT2D eigenvalue weighted by Crippen LogP contribution is -2.49. The van der Waals surface area contributed by atoms with Gasteiger partial charge < -0.3 is 19.5 Å². The fraction of sp³-hybridized carbons (Fsp3) is 0.559. The van der Waals surface area contributed by atoms with Crippen LogP contribution in [0.2, 0.25) is 0 Å². The zero-order chi connectivity index (χ0) is 33.0. The Hall–Kier alpha value is -3.12. The summed E-state index contributed by atoms with van der Waals surface area (Å²) in [6.07, 6.45) is 3.41. The molecular weight excluding hydrogens is 596 g/mol. The molecule has 4 N–H and O–H groups in total. The van der Waals surface area contributed by atoms with Crippen molar-refractivity contribution in [2.75, 3.05) is 26.1 Å². The molecule has 1 amide bonds. The van der Waals surface area contributed by atoms with Crippen LogP contribution in [0, 0.1) is 0 Å². The number of fused-ring (bicyclic) bond motifs is 1. The van der Waals surface area contributed by atoms with E-state index in [9.17, 15) is 23.5 Å². The van der Waals surface area contributed by atoms with E-state index in [4.69, 9.17) is 14.2 Å². The molecule has 10 nitrogen and oxygen atoms in total. The van der Waals surface area contributed by atoms with E-state index in [-0.39, 0.29) is 56.6 Å². The van der Waals surface area contributed by atoms with Gasteiger partial charge in [-0.1, -0.05) is 57.0 Å². The SMILES string of the molecule is CCCCC1(CC)CS(O)(O)c2cc(CCC(=O)NC(CC(=O)OCC)CC(=O)OCC)c(OC)cc2C(c2ccccc2)N1. The van der Waals surface area contributed by atoms with Gasteiger partial charge in [0.05, 0.1) is 49.9 Å². The van der Waals surface area contributed by atoms with Crippen molar-refractivity contribution in [1.29, 1.82) is 0 Å². The van der Waals surface area contributed by atoms with Gasteiger partial charge in [-0.25, -0.2) is 0 Å². The van der Waals surface area contributed by atoms with Crippen molar-refractivity contribution in [3.8, 4) is 5.75 Å². The van der Waals surface area contributed by atoms with Gasteiger partial charge in [0, 0.05) is 23.6 Å². The van der Waals surface area contributed by atoms with Crippen molar-refractivity contribution in [3.05, 3.63) is 59.2 Å². The lowest BCUT2D eigenvalue weighted by atomic mass is 9.87. The van der Waals surface area contributed by atoms with Crippen LogP contribution in [0.4, 0.5) is 0 Å². The van der Waals surface area contributed by atoms with Gasteiger partial charge in [0.25, 0.3) is 0 Å². The molecule has 2 atom stereocenters. The number of hydrogen-bond acceptors (Lipinski definition) is 9. The van der Waals surface area contributed by atoms with E-state index in [0.29, 0.717) is 16.2 Å². The van der Waals surface area contributed by atoms with Gasteiger partial charge in [-0.05, 0) is 56.4 Å². The first-order valence-corrected chi connectivity index (χ1v) is 17.6. The van der Waals surface area contributed by atoms with Crippen molar-refractivity contribution in [2.24, 2.45) is 0 Å². The predicted octanol–water partition coefficient (Wildman–Crippen LogP) is 6.16. The third kappa shape index (κ3) is 9.93. The Morgan fingerprint density at radius 3 is 2.22 bits per heavy atom. The smallest absolute Gasteiger partial charge is 0.307 e. The van der Waals surface area contributed by atoms with E-state index in [0.717, 1.165) is 36.8 Å². The number of amides is 1. The van der Waals surface area contributed by atoms with E-state index in [1.807, 2.05) is 36.4 Å². The number of carbonyl (C=O) groups is 3. The van der Waals surface area contributed by atoms with Crippen LogP contribution in [0.1, 0.15) is 95.4 Å². The highest BCUT2D eigenvalue weighted by Crippen LogP contribution is 2.58. The molecule has 2 aromatic carbocycles. The number of esters is 2. The van der Waals surface area contributed by atoms with E-state index in [2.05, 4.69) is 24.5 Å². The lowest BCUT2D eigenvalue weighted by molar-refractivity contribution is -0.146. The third-order valence-corrected chi connectivity index (χ3v) is 10.3. The monoisotopic (exact) mass is 646 g/mol. The molecule has 0 saturated heterocycles. The second kappa shape index (κ2) is 17.0. The molecule has 0 spiro atoms. The van der Waals surface area contributed by atoms with E-state index in [1.165, 1.54) is 0 Å². The average molecular weight is 647 g/mol. The second-order valence-corrected chi connectivity index (χ2v) is 13.6. The molecule has 0 bridgehead atoms. The van der Waals surface area contributed by atoms with Crippen LogP contribution in [0.3, 0.4) is 0 Å². The van der Waals surface area contributed by atoms with Crippen molar-refractivity contribution in [1.82, 2.24) is 10.6 Å². The minimum absolute atomic E-state index is 0.0201. The molecule has 3 rings (SSSR count). The Balaban J connectivity index is 1.93. The molecule has 2 unspecified atom stereocenters. The highest BCUT2D eigenvalue weighted by molar-refractivity contribution is 8.24. The quantitative estimate of drug-likeness (QED) is 0.158. The zero-order valence-electron chi connectivity index (χ0n) is 27.2. The van der Waals surface area contributed by atoms with Gasteiger partial charge in [0.1, 0.15) is 5.75 Å². The molecule has 1 aliphatic heterocycles. The lowest BCUT2D eigenvalue weighted by Gasteiger charge is -2.42. The number of aryl methyl sites for hydroxylation is 1. The summed E-state index contributed by atoms with van der Waals surface area (Å²) in [6, 6.07) is 12.5. The van der Waals surface area contributed by atoms with Crippen LogP contribution in [-0.2, 0) is 30.3 Å². The number of benzene rings is 2. The molecule has 1 heterocycles. The third-order valence-electron chi connectivity index (χ3n) is 8.25. The van der Waals surface area contributed by atoms with Crippen LogP contribution in [0.25, 0.3) is 0 Å². The minimum atomic E-state index is -3.23. The summed E-state index contributed by atoms with van der Waals surface area (Å²) >= 11 is 0. The molecule has 0 aliphatic carbocycles. The van der Waals surface area contributed by atoms with Crippen LogP contribution >= 0.6 is 10.6 Å². The van der Waals surface area contributed by atoms with Crippen LogP contribution in [0.5, 0.6) is 5.75 Å². The Morgan fingerprint density at radius 1 is 1.02 bits per heavy atom. The fourth-order valence-electron chi connectivity index (χ4n) is 5.91. The zero-order valence-corrected chi connectivity index (χ0v) is 28.0. The van der Waals surface area contributed by atoms with E-state index < -0.39 is 34.1 Å². The molecule has 0 fully saturated rings. The van der Waals surface area contributed by atoms with Crippen LogP contribution in [-0.4, -0.2) is 64.6 Å². The number of nitrogens with one attached hydrogen (secondary N) is 2. The van der Waals surface area contributed by atoms with Gasteiger partial charge in [-0.3, -0.25) is 28.8 Å². The number of ether oxygens (including phenoxy) is 3. The molecule has 0 saturated carbocycles. The molecule has 0 aromatic heterocycles. The predicted molar refractivity (Wildman–Crippen MR) is 176 cm³/mol. The molecule has 11 heteroatoms. The van der Waals surface area contributed by atoms with Crippen molar-refractivity contribution in [3.63, 3.8) is 0 Å². The van der Waals surface area contributed by atoms with Crippen molar-refractivity contribution >= 4 is 28.4 Å². The van der Waals surface area contributed by atoms with Crippen LogP contribution < -0.4 is 15.4 Å². The minimum Gasteiger partial charge on any atom is -0.496 e. The Labute approximate surface area is 269 Å². The number of hydrogen-bond donors (Lipinski definition) is 4. The number of rotatable bonds is 16. The fourth-order valence-corrected chi connectivity index (χ4v) is 8.16. The van der Waals surface area contributed by atoms with E-state index >= 15 is 0 Å². The summed E-state index contributed by atoms with van der Waals surface area (Å²) in [5, 5.41) is 6.61. The van der Waals surface area contributed by atoms with Gasteiger partial charge in [-0.15, -0.1) is 0 Å². The first-order chi connectivity index (χ1) is 21.5. The summed E-state index contributed by atoms with van der Waals surface area (Å²) in [7, 11) is -1.68. The summed E-state index contributed by atoms with van der Waals surface area (Å²) in [4.78, 5) is 37.8. The highest BCUT2D eigenvalue weighted by atomic mass is 32.3. The van der Waals surface area contributed by atoms with Crippen molar-refractivity contribution in [2.45, 2.75) is 102 Å². The maximum absolute atomic E-state index is 13.1. The largest absolute Gasteiger partial charge is 0.496 e. The molecule has 250 valence electrons. The highest BCUT2D eigenvalue weighted by Gasteiger charge is 2.42.